The zero-order chi connectivity index (χ0) is 39.5. The Balaban J connectivity index is 1.18. The number of unbranched alkanes of at least 4 members (excludes halogenated alkanes) is 1. The first kappa shape index (κ1) is 38.5. The molecule has 9 rings (SSSR count). The molecule has 0 amide bonds. The molecule has 0 saturated carbocycles. The standard InChI is InChI=1S/C48H52N2O7/c1-49-21-19-34-28-43(53-3)45-29-38(34)39(49)24-31-13-16-37(17-14-31)56-44-26-32(15-18-42(44)55-23-9-8-12-41(52)33-10-6-5-7-11-33)25-40-46-35(20-22-50(40)2)27-36(30-51)47(54-4)48(46)57-45/h5-7,10-11,13-18,26-29,39-40,51H,8-9,12,19-25,30H2,1-4H3/t39?,40-/m1/s1. The predicted molar refractivity (Wildman–Crippen MR) is 221 cm³/mol. The van der Waals surface area contributed by atoms with E-state index in [1.807, 2.05) is 48.5 Å². The summed E-state index contributed by atoms with van der Waals surface area (Å²) in [6.45, 7) is 2.06. The molecule has 0 fully saturated rings. The van der Waals surface area contributed by atoms with Gasteiger partial charge in [-0.05, 0) is 123 Å². The molecule has 4 aliphatic heterocycles. The summed E-state index contributed by atoms with van der Waals surface area (Å²) in [7, 11) is 7.66. The molecule has 57 heavy (non-hydrogen) atoms. The summed E-state index contributed by atoms with van der Waals surface area (Å²) in [6, 6.07) is 30.4. The molecule has 5 aromatic carbocycles. The third-order valence-electron chi connectivity index (χ3n) is 11.8. The van der Waals surface area contributed by atoms with E-state index in [1.165, 1.54) is 16.7 Å². The van der Waals surface area contributed by atoms with Gasteiger partial charge in [0.1, 0.15) is 5.75 Å². The summed E-state index contributed by atoms with van der Waals surface area (Å²) >= 11 is 0. The van der Waals surface area contributed by atoms with Gasteiger partial charge < -0.3 is 28.8 Å². The number of hydrogen-bond acceptors (Lipinski definition) is 9. The molecule has 1 unspecified atom stereocenters. The van der Waals surface area contributed by atoms with Crippen molar-refractivity contribution in [3.8, 4) is 40.2 Å². The Morgan fingerprint density at radius 2 is 1.47 bits per heavy atom. The van der Waals surface area contributed by atoms with E-state index in [0.29, 0.717) is 59.5 Å². The molecule has 0 aliphatic carbocycles. The number of hydrogen-bond donors (Lipinski definition) is 1. The molecule has 4 aliphatic rings. The summed E-state index contributed by atoms with van der Waals surface area (Å²) in [6.07, 6.45) is 5.12. The van der Waals surface area contributed by atoms with Gasteiger partial charge in [0.25, 0.3) is 0 Å². The van der Waals surface area contributed by atoms with Crippen molar-refractivity contribution in [1.29, 1.82) is 0 Å². The zero-order valence-electron chi connectivity index (χ0n) is 33.4. The van der Waals surface area contributed by atoms with Crippen LogP contribution >= 0.6 is 0 Å². The van der Waals surface area contributed by atoms with Gasteiger partial charge in [-0.2, -0.15) is 0 Å². The number of aliphatic hydroxyl groups is 1. The van der Waals surface area contributed by atoms with E-state index < -0.39 is 0 Å². The van der Waals surface area contributed by atoms with Gasteiger partial charge in [-0.3, -0.25) is 14.6 Å². The van der Waals surface area contributed by atoms with Crippen LogP contribution in [0.4, 0.5) is 0 Å². The van der Waals surface area contributed by atoms with Crippen molar-refractivity contribution in [2.24, 2.45) is 0 Å². The van der Waals surface area contributed by atoms with Crippen LogP contribution in [0.5, 0.6) is 40.2 Å². The molecule has 2 atom stereocenters. The molecule has 0 spiro atoms. The fraction of sp³-hybridized carbons (Fsp3) is 0.354. The van der Waals surface area contributed by atoms with Crippen molar-refractivity contribution >= 4 is 5.78 Å². The van der Waals surface area contributed by atoms with E-state index in [2.05, 4.69) is 66.4 Å². The number of carbonyl (C=O) groups excluding carboxylic acids is 1. The van der Waals surface area contributed by atoms with Gasteiger partial charge in [-0.15, -0.1) is 0 Å². The molecule has 5 aromatic rings. The van der Waals surface area contributed by atoms with Crippen LogP contribution in [0.15, 0.2) is 91.0 Å². The topological polar surface area (TPSA) is 89.9 Å². The monoisotopic (exact) mass is 768 g/mol. The molecule has 9 heteroatoms. The summed E-state index contributed by atoms with van der Waals surface area (Å²) in [5.41, 5.74) is 8.33. The molecular formula is C48H52N2O7. The van der Waals surface area contributed by atoms with Crippen LogP contribution in [0, 0.1) is 0 Å². The highest BCUT2D eigenvalue weighted by molar-refractivity contribution is 5.95. The normalized spacial score (nSPS) is 17.7. The van der Waals surface area contributed by atoms with Crippen molar-refractivity contribution in [2.45, 2.75) is 63.6 Å². The molecule has 0 aromatic heterocycles. The quantitative estimate of drug-likeness (QED) is 0.110. The minimum Gasteiger partial charge on any atom is -0.493 e. The Labute approximate surface area is 335 Å². The number of fused-ring (bicyclic) bond motifs is 2. The van der Waals surface area contributed by atoms with Gasteiger partial charge in [0.15, 0.2) is 40.3 Å². The van der Waals surface area contributed by atoms with Gasteiger partial charge in [0, 0.05) is 48.3 Å². The maximum absolute atomic E-state index is 12.7. The van der Waals surface area contributed by atoms with Crippen molar-refractivity contribution in [3.05, 3.63) is 136 Å². The molecule has 1 N–H and O–H groups in total. The highest BCUT2D eigenvalue weighted by Crippen LogP contribution is 2.50. The second-order valence-corrected chi connectivity index (χ2v) is 15.5. The first-order valence-electron chi connectivity index (χ1n) is 20.1. The Morgan fingerprint density at radius 3 is 2.23 bits per heavy atom. The lowest BCUT2D eigenvalue weighted by Gasteiger charge is -2.37. The second kappa shape index (κ2) is 17.0. The average Bonchev–Trinajstić information content (AvgIpc) is 3.23. The number of rotatable bonds is 10. The lowest BCUT2D eigenvalue weighted by Crippen LogP contribution is -2.34. The fourth-order valence-corrected chi connectivity index (χ4v) is 8.65. The second-order valence-electron chi connectivity index (χ2n) is 15.5. The van der Waals surface area contributed by atoms with Crippen LogP contribution < -0.4 is 23.7 Å². The van der Waals surface area contributed by atoms with E-state index in [4.69, 9.17) is 23.7 Å². The molecule has 9 nitrogen and oxygen atoms in total. The van der Waals surface area contributed by atoms with Crippen molar-refractivity contribution in [3.63, 3.8) is 0 Å². The smallest absolute Gasteiger partial charge is 0.174 e. The van der Waals surface area contributed by atoms with Crippen LogP contribution in [0.2, 0.25) is 0 Å². The van der Waals surface area contributed by atoms with Gasteiger partial charge in [-0.25, -0.2) is 0 Å². The minimum absolute atomic E-state index is 0.0761. The maximum atomic E-state index is 12.7. The first-order valence-corrected chi connectivity index (χ1v) is 20.1. The van der Waals surface area contributed by atoms with Crippen LogP contribution in [0.1, 0.15) is 80.6 Å². The number of Topliss-reactive ketones (excluding diaryl/α,β-unsaturated/α-hetero) is 1. The summed E-state index contributed by atoms with van der Waals surface area (Å²) < 4.78 is 32.2. The third kappa shape index (κ3) is 8.10. The SMILES string of the molecule is COc1cc2c3cc1Oc1c(OC)c(CO)cc4c1[C@@H](Cc1ccc(OCCCCC(=O)c5ccccc5)c(c1)Oc1ccc(cc1)CC3N(C)CC2)N(C)CC4. The van der Waals surface area contributed by atoms with E-state index in [-0.39, 0.29) is 24.5 Å². The van der Waals surface area contributed by atoms with E-state index in [1.54, 1.807) is 14.2 Å². The maximum Gasteiger partial charge on any atom is 0.174 e. The Kier molecular flexibility index (Phi) is 11.5. The van der Waals surface area contributed by atoms with Crippen molar-refractivity contribution < 1.29 is 33.6 Å². The molecule has 4 heterocycles. The summed E-state index contributed by atoms with van der Waals surface area (Å²) in [4.78, 5) is 17.4. The molecule has 0 radical (unpaired) electrons. The highest BCUT2D eigenvalue weighted by atomic mass is 16.5. The van der Waals surface area contributed by atoms with E-state index in [9.17, 15) is 9.90 Å². The van der Waals surface area contributed by atoms with Crippen LogP contribution in [-0.2, 0) is 32.3 Å². The van der Waals surface area contributed by atoms with Crippen molar-refractivity contribution in [1.82, 2.24) is 9.80 Å². The van der Waals surface area contributed by atoms with Crippen LogP contribution in [0.3, 0.4) is 0 Å². The number of methoxy groups -OCH3 is 2. The van der Waals surface area contributed by atoms with E-state index in [0.717, 1.165) is 73.2 Å². The number of ketones is 1. The van der Waals surface area contributed by atoms with Gasteiger partial charge in [0.2, 0.25) is 0 Å². The lowest BCUT2D eigenvalue weighted by atomic mass is 9.86. The first-order chi connectivity index (χ1) is 27.8. The molecule has 0 saturated heterocycles. The average molecular weight is 769 g/mol. The Morgan fingerprint density at radius 1 is 0.754 bits per heavy atom. The zero-order valence-corrected chi connectivity index (χ0v) is 33.4. The Bertz CT molecular complexity index is 2220. The highest BCUT2D eigenvalue weighted by Gasteiger charge is 2.34. The van der Waals surface area contributed by atoms with Gasteiger partial charge in [-0.1, -0.05) is 48.5 Å². The largest absolute Gasteiger partial charge is 0.493 e. The lowest BCUT2D eigenvalue weighted by molar-refractivity contribution is 0.0977. The molecular weight excluding hydrogens is 717 g/mol. The number of likely N-dealkylation sites (N-methyl/N-ethyl adjacent to an activating group) is 2. The number of benzene rings is 5. The van der Waals surface area contributed by atoms with Gasteiger partial charge >= 0.3 is 0 Å². The number of aliphatic hydroxyl groups excluding tert-OH is 1. The fourth-order valence-electron chi connectivity index (χ4n) is 8.65. The van der Waals surface area contributed by atoms with E-state index >= 15 is 0 Å². The minimum atomic E-state index is -0.175. The summed E-state index contributed by atoms with van der Waals surface area (Å²) in [5.74, 6) is 4.60. The molecule has 6 bridgehead atoms. The van der Waals surface area contributed by atoms with Crippen LogP contribution in [0.25, 0.3) is 0 Å². The summed E-state index contributed by atoms with van der Waals surface area (Å²) in [5, 5.41) is 10.6. The van der Waals surface area contributed by atoms with Gasteiger partial charge in [0.05, 0.1) is 27.4 Å². The van der Waals surface area contributed by atoms with Crippen molar-refractivity contribution in [2.75, 3.05) is 48.0 Å². The Hall–Kier alpha value is -5.35. The number of ether oxygens (including phenoxy) is 5. The number of carbonyl (C=O) groups is 1. The number of nitrogens with zero attached hydrogens (tertiary/aromatic N) is 2. The predicted octanol–water partition coefficient (Wildman–Crippen LogP) is 9.07. The molecule has 296 valence electrons. The third-order valence-corrected chi connectivity index (χ3v) is 11.8. The van der Waals surface area contributed by atoms with Crippen LogP contribution in [-0.4, -0.2) is 68.7 Å².